The maximum atomic E-state index is 10.5. The van der Waals surface area contributed by atoms with Crippen LogP contribution in [-0.4, -0.2) is 11.7 Å². The molecular formula is C15H16O2S. The van der Waals surface area contributed by atoms with Gasteiger partial charge in [0.05, 0.1) is 6.61 Å². The Balaban J connectivity index is 1.97. The first-order valence-corrected chi connectivity index (χ1v) is 7.12. The van der Waals surface area contributed by atoms with Gasteiger partial charge in [0.1, 0.15) is 11.9 Å². The number of benzene rings is 1. The molecule has 2 aromatic rings. The van der Waals surface area contributed by atoms with Gasteiger partial charge in [-0.25, -0.2) is 0 Å². The molecule has 0 saturated carbocycles. The third kappa shape index (κ3) is 1.93. The van der Waals surface area contributed by atoms with Crippen molar-refractivity contribution in [3.63, 3.8) is 0 Å². The minimum atomic E-state index is -0.566. The van der Waals surface area contributed by atoms with E-state index in [1.807, 2.05) is 18.2 Å². The van der Waals surface area contributed by atoms with Gasteiger partial charge in [0.25, 0.3) is 0 Å². The summed E-state index contributed by atoms with van der Waals surface area (Å²) in [5, 5.41) is 10.5. The summed E-state index contributed by atoms with van der Waals surface area (Å²) in [6.45, 7) is 2.86. The SMILES string of the molecule is CCc1ccc(C(O)c2cccc3c2OCC3)s1. The normalized spacial score (nSPS) is 15.2. The molecular weight excluding hydrogens is 244 g/mol. The highest BCUT2D eigenvalue weighted by Crippen LogP contribution is 2.38. The average molecular weight is 260 g/mol. The molecule has 3 heteroatoms. The number of hydrogen-bond acceptors (Lipinski definition) is 3. The van der Waals surface area contributed by atoms with Crippen molar-refractivity contribution in [3.05, 3.63) is 51.2 Å². The van der Waals surface area contributed by atoms with Crippen LogP contribution < -0.4 is 4.74 Å². The molecule has 2 heterocycles. The fourth-order valence-electron chi connectivity index (χ4n) is 2.34. The Morgan fingerprint density at radius 1 is 1.33 bits per heavy atom. The molecule has 1 aromatic carbocycles. The molecule has 0 amide bonds. The molecule has 0 aliphatic carbocycles. The molecule has 0 saturated heterocycles. The molecule has 1 unspecified atom stereocenters. The summed E-state index contributed by atoms with van der Waals surface area (Å²) < 4.78 is 5.65. The van der Waals surface area contributed by atoms with Crippen molar-refractivity contribution in [3.8, 4) is 5.75 Å². The van der Waals surface area contributed by atoms with E-state index >= 15 is 0 Å². The monoisotopic (exact) mass is 260 g/mol. The summed E-state index contributed by atoms with van der Waals surface area (Å²) >= 11 is 1.68. The summed E-state index contributed by atoms with van der Waals surface area (Å²) in [6, 6.07) is 10.1. The van der Waals surface area contributed by atoms with Crippen molar-refractivity contribution >= 4 is 11.3 Å². The van der Waals surface area contributed by atoms with Gasteiger partial charge in [-0.2, -0.15) is 0 Å². The first kappa shape index (κ1) is 11.8. The molecule has 3 rings (SSSR count). The fourth-order valence-corrected chi connectivity index (χ4v) is 3.30. The molecule has 0 bridgehead atoms. The number of thiophene rings is 1. The maximum absolute atomic E-state index is 10.5. The molecule has 1 aromatic heterocycles. The van der Waals surface area contributed by atoms with Crippen molar-refractivity contribution in [2.45, 2.75) is 25.9 Å². The highest BCUT2D eigenvalue weighted by molar-refractivity contribution is 7.12. The van der Waals surface area contributed by atoms with Crippen molar-refractivity contribution in [2.75, 3.05) is 6.61 Å². The van der Waals surface area contributed by atoms with Gasteiger partial charge in [0, 0.05) is 21.7 Å². The van der Waals surface area contributed by atoms with Crippen molar-refractivity contribution in [2.24, 2.45) is 0 Å². The molecule has 0 spiro atoms. The van der Waals surface area contributed by atoms with E-state index in [1.54, 1.807) is 11.3 Å². The Hall–Kier alpha value is -1.32. The van der Waals surface area contributed by atoms with Crippen LogP contribution in [0.3, 0.4) is 0 Å². The number of aliphatic hydroxyl groups is 1. The number of fused-ring (bicyclic) bond motifs is 1. The summed E-state index contributed by atoms with van der Waals surface area (Å²) in [4.78, 5) is 2.30. The number of aliphatic hydroxyl groups excluding tert-OH is 1. The van der Waals surface area contributed by atoms with Gasteiger partial charge in [0.2, 0.25) is 0 Å². The quantitative estimate of drug-likeness (QED) is 0.917. The van der Waals surface area contributed by atoms with E-state index in [-0.39, 0.29) is 0 Å². The van der Waals surface area contributed by atoms with Crippen molar-refractivity contribution in [1.29, 1.82) is 0 Å². The lowest BCUT2D eigenvalue weighted by atomic mass is 10.0. The topological polar surface area (TPSA) is 29.5 Å². The van der Waals surface area contributed by atoms with E-state index in [4.69, 9.17) is 4.74 Å². The molecule has 18 heavy (non-hydrogen) atoms. The van der Waals surface area contributed by atoms with Crippen LogP contribution >= 0.6 is 11.3 Å². The zero-order valence-electron chi connectivity index (χ0n) is 10.3. The summed E-state index contributed by atoms with van der Waals surface area (Å²) in [7, 11) is 0. The average Bonchev–Trinajstić information content (AvgIpc) is 3.05. The first-order valence-electron chi connectivity index (χ1n) is 6.31. The number of aryl methyl sites for hydroxylation is 1. The Labute approximate surface area is 111 Å². The lowest BCUT2D eigenvalue weighted by molar-refractivity contribution is 0.217. The maximum Gasteiger partial charge on any atom is 0.128 e. The molecule has 94 valence electrons. The Morgan fingerprint density at radius 3 is 3.00 bits per heavy atom. The number of ether oxygens (including phenoxy) is 1. The minimum Gasteiger partial charge on any atom is -0.493 e. The number of rotatable bonds is 3. The lowest BCUT2D eigenvalue weighted by Crippen LogP contribution is -2.00. The smallest absolute Gasteiger partial charge is 0.128 e. The molecule has 1 atom stereocenters. The van der Waals surface area contributed by atoms with Gasteiger partial charge in [-0.15, -0.1) is 11.3 Å². The van der Waals surface area contributed by atoms with Crippen LogP contribution in [0.2, 0.25) is 0 Å². The van der Waals surface area contributed by atoms with Gasteiger partial charge >= 0.3 is 0 Å². The zero-order chi connectivity index (χ0) is 12.5. The van der Waals surface area contributed by atoms with Gasteiger partial charge < -0.3 is 9.84 Å². The van der Waals surface area contributed by atoms with E-state index in [0.29, 0.717) is 0 Å². The Morgan fingerprint density at radius 2 is 2.22 bits per heavy atom. The van der Waals surface area contributed by atoms with Crippen LogP contribution in [0.4, 0.5) is 0 Å². The van der Waals surface area contributed by atoms with Crippen molar-refractivity contribution in [1.82, 2.24) is 0 Å². The largest absolute Gasteiger partial charge is 0.493 e. The third-order valence-electron chi connectivity index (χ3n) is 3.34. The highest BCUT2D eigenvalue weighted by atomic mass is 32.1. The first-order chi connectivity index (χ1) is 8.79. The molecule has 0 radical (unpaired) electrons. The molecule has 1 N–H and O–H groups in total. The summed E-state index contributed by atoms with van der Waals surface area (Å²) in [6.07, 6.45) is 1.39. The number of para-hydroxylation sites is 1. The van der Waals surface area contributed by atoms with Crippen LogP contribution in [0.5, 0.6) is 5.75 Å². The predicted octanol–water partition coefficient (Wildman–Crippen LogP) is 3.33. The molecule has 1 aliphatic rings. The zero-order valence-corrected chi connectivity index (χ0v) is 11.2. The molecule has 0 fully saturated rings. The standard InChI is InChI=1S/C15H16O2S/c1-2-11-6-7-13(18-11)14(16)12-5-3-4-10-8-9-17-15(10)12/h3-7,14,16H,2,8-9H2,1H3. The van der Waals surface area contributed by atoms with Crippen molar-refractivity contribution < 1.29 is 9.84 Å². The molecule has 2 nitrogen and oxygen atoms in total. The van der Waals surface area contributed by atoms with Crippen LogP contribution in [0.25, 0.3) is 0 Å². The van der Waals surface area contributed by atoms with E-state index in [2.05, 4.69) is 19.1 Å². The van der Waals surface area contributed by atoms with Gasteiger partial charge in [-0.1, -0.05) is 25.1 Å². The fraction of sp³-hybridized carbons (Fsp3) is 0.333. The predicted molar refractivity (Wildman–Crippen MR) is 73.4 cm³/mol. The minimum absolute atomic E-state index is 0.566. The van der Waals surface area contributed by atoms with Crippen LogP contribution in [0.15, 0.2) is 30.3 Å². The van der Waals surface area contributed by atoms with E-state index in [1.165, 1.54) is 10.4 Å². The molecule has 1 aliphatic heterocycles. The Kier molecular flexibility index (Phi) is 3.10. The van der Waals surface area contributed by atoms with Gasteiger partial charge in [0.15, 0.2) is 0 Å². The lowest BCUT2D eigenvalue weighted by Gasteiger charge is -2.13. The van der Waals surface area contributed by atoms with Crippen LogP contribution in [0, 0.1) is 0 Å². The van der Waals surface area contributed by atoms with E-state index in [0.717, 1.165) is 35.6 Å². The number of hydrogen-bond donors (Lipinski definition) is 1. The Bertz CT molecular complexity index is 559. The second-order valence-corrected chi connectivity index (χ2v) is 5.69. The van der Waals surface area contributed by atoms with E-state index in [9.17, 15) is 5.11 Å². The summed E-state index contributed by atoms with van der Waals surface area (Å²) in [5.74, 6) is 0.886. The summed E-state index contributed by atoms with van der Waals surface area (Å²) in [5.41, 5.74) is 2.10. The van der Waals surface area contributed by atoms with Gasteiger partial charge in [-0.3, -0.25) is 0 Å². The van der Waals surface area contributed by atoms with Crippen LogP contribution in [-0.2, 0) is 12.8 Å². The highest BCUT2D eigenvalue weighted by Gasteiger charge is 2.22. The second kappa shape index (κ2) is 4.75. The van der Waals surface area contributed by atoms with Crippen LogP contribution in [0.1, 0.15) is 33.9 Å². The second-order valence-electron chi connectivity index (χ2n) is 4.49. The third-order valence-corrected chi connectivity index (χ3v) is 4.62. The van der Waals surface area contributed by atoms with E-state index < -0.39 is 6.10 Å². The van der Waals surface area contributed by atoms with Gasteiger partial charge in [-0.05, 0) is 24.1 Å².